The number of esters is 2. The van der Waals surface area contributed by atoms with Gasteiger partial charge in [-0.3, -0.25) is 9.59 Å². The second kappa shape index (κ2) is 15.7. The molecule has 0 N–H and O–H groups in total. The third-order valence-electron chi connectivity index (χ3n) is 5.30. The Balaban J connectivity index is 1.97. The molecular weight excluding hydrogens is 360 g/mol. The molecular formula is C22H40O6. The largest absolute Gasteiger partial charge is 0.466 e. The van der Waals surface area contributed by atoms with Crippen molar-refractivity contribution in [3.63, 3.8) is 0 Å². The van der Waals surface area contributed by atoms with Crippen LogP contribution >= 0.6 is 0 Å². The highest BCUT2D eigenvalue weighted by molar-refractivity contribution is 5.72. The quantitative estimate of drug-likeness (QED) is 0.274. The Labute approximate surface area is 170 Å². The molecule has 0 saturated carbocycles. The van der Waals surface area contributed by atoms with Crippen molar-refractivity contribution in [3.8, 4) is 0 Å². The first kappa shape index (κ1) is 24.9. The van der Waals surface area contributed by atoms with Crippen LogP contribution in [0.4, 0.5) is 0 Å². The first-order chi connectivity index (χ1) is 13.6. The van der Waals surface area contributed by atoms with E-state index in [9.17, 15) is 9.59 Å². The molecule has 0 aromatic heterocycles. The fraction of sp³-hybridized carbons (Fsp3) is 0.909. The zero-order valence-electron chi connectivity index (χ0n) is 18.0. The van der Waals surface area contributed by atoms with E-state index >= 15 is 0 Å². The number of ether oxygens (including phenoxy) is 4. The van der Waals surface area contributed by atoms with Crippen LogP contribution in [-0.2, 0) is 28.5 Å². The van der Waals surface area contributed by atoms with Crippen molar-refractivity contribution in [2.45, 2.75) is 90.9 Å². The van der Waals surface area contributed by atoms with Gasteiger partial charge in [0.1, 0.15) is 13.4 Å². The molecule has 1 rings (SSSR count). The SMILES string of the molecule is CCCCCCCCCCOC(=O)CCCC(=O)OCC1(CC)COCOC1. The Hall–Kier alpha value is -1.14. The van der Waals surface area contributed by atoms with Crippen molar-refractivity contribution in [1.82, 2.24) is 0 Å². The van der Waals surface area contributed by atoms with Gasteiger partial charge < -0.3 is 18.9 Å². The molecule has 1 saturated heterocycles. The number of rotatable bonds is 16. The van der Waals surface area contributed by atoms with Crippen molar-refractivity contribution >= 4 is 11.9 Å². The summed E-state index contributed by atoms with van der Waals surface area (Å²) in [6.45, 7) is 6.43. The van der Waals surface area contributed by atoms with E-state index in [1.807, 2.05) is 6.92 Å². The van der Waals surface area contributed by atoms with Gasteiger partial charge in [0.2, 0.25) is 0 Å². The predicted molar refractivity (Wildman–Crippen MR) is 108 cm³/mol. The minimum Gasteiger partial charge on any atom is -0.466 e. The van der Waals surface area contributed by atoms with Crippen LogP contribution in [0.15, 0.2) is 0 Å². The Morgan fingerprint density at radius 1 is 0.786 bits per heavy atom. The molecule has 6 heteroatoms. The number of carbonyl (C=O) groups is 2. The van der Waals surface area contributed by atoms with Gasteiger partial charge in [-0.2, -0.15) is 0 Å². The van der Waals surface area contributed by atoms with Crippen molar-refractivity contribution in [3.05, 3.63) is 0 Å². The first-order valence-electron chi connectivity index (χ1n) is 11.1. The molecule has 1 fully saturated rings. The average Bonchev–Trinajstić information content (AvgIpc) is 2.72. The van der Waals surface area contributed by atoms with Crippen molar-refractivity contribution in [2.75, 3.05) is 33.2 Å². The van der Waals surface area contributed by atoms with E-state index in [1.165, 1.54) is 38.5 Å². The summed E-state index contributed by atoms with van der Waals surface area (Å²) < 4.78 is 21.3. The van der Waals surface area contributed by atoms with Crippen molar-refractivity contribution in [1.29, 1.82) is 0 Å². The third kappa shape index (κ3) is 11.6. The maximum absolute atomic E-state index is 11.9. The first-order valence-corrected chi connectivity index (χ1v) is 11.1. The van der Waals surface area contributed by atoms with E-state index in [4.69, 9.17) is 18.9 Å². The fourth-order valence-corrected chi connectivity index (χ4v) is 3.18. The van der Waals surface area contributed by atoms with Gasteiger partial charge in [-0.1, -0.05) is 58.8 Å². The van der Waals surface area contributed by atoms with Crippen LogP contribution in [-0.4, -0.2) is 45.2 Å². The van der Waals surface area contributed by atoms with E-state index in [0.29, 0.717) is 39.6 Å². The number of hydrogen-bond donors (Lipinski definition) is 0. The minimum atomic E-state index is -0.283. The summed E-state index contributed by atoms with van der Waals surface area (Å²) in [5.41, 5.74) is -0.247. The monoisotopic (exact) mass is 400 g/mol. The van der Waals surface area contributed by atoms with Gasteiger partial charge in [-0.25, -0.2) is 0 Å². The maximum Gasteiger partial charge on any atom is 0.305 e. The van der Waals surface area contributed by atoms with E-state index in [0.717, 1.165) is 19.3 Å². The molecule has 0 radical (unpaired) electrons. The molecule has 164 valence electrons. The number of carbonyl (C=O) groups excluding carboxylic acids is 2. The lowest BCUT2D eigenvalue weighted by atomic mass is 9.87. The van der Waals surface area contributed by atoms with Crippen LogP contribution in [0.2, 0.25) is 0 Å². The Morgan fingerprint density at radius 3 is 1.96 bits per heavy atom. The Morgan fingerprint density at radius 2 is 1.36 bits per heavy atom. The molecule has 0 bridgehead atoms. The van der Waals surface area contributed by atoms with Gasteiger partial charge in [0.25, 0.3) is 0 Å². The smallest absolute Gasteiger partial charge is 0.305 e. The summed E-state index contributed by atoms with van der Waals surface area (Å²) in [4.78, 5) is 23.6. The third-order valence-corrected chi connectivity index (χ3v) is 5.30. The second-order valence-corrected chi connectivity index (χ2v) is 7.88. The maximum atomic E-state index is 11.9. The second-order valence-electron chi connectivity index (χ2n) is 7.88. The molecule has 0 atom stereocenters. The highest BCUT2D eigenvalue weighted by Gasteiger charge is 2.33. The molecule has 1 heterocycles. The standard InChI is InChI=1S/C22H40O6/c1-3-5-6-7-8-9-10-11-15-27-20(23)13-12-14-21(24)28-18-22(4-2)16-25-19-26-17-22/h3-19H2,1-2H3. The van der Waals surface area contributed by atoms with Crippen LogP contribution in [0.1, 0.15) is 90.9 Å². The summed E-state index contributed by atoms with van der Waals surface area (Å²) in [6.07, 6.45) is 11.5. The summed E-state index contributed by atoms with van der Waals surface area (Å²) in [5, 5.41) is 0. The molecule has 1 aliphatic rings. The van der Waals surface area contributed by atoms with Gasteiger partial charge in [0, 0.05) is 12.8 Å². The van der Waals surface area contributed by atoms with Crippen molar-refractivity contribution in [2.24, 2.45) is 5.41 Å². The van der Waals surface area contributed by atoms with Crippen molar-refractivity contribution < 1.29 is 28.5 Å². The van der Waals surface area contributed by atoms with Gasteiger partial charge >= 0.3 is 11.9 Å². The van der Waals surface area contributed by atoms with Crippen LogP contribution in [0.3, 0.4) is 0 Å². The molecule has 1 aliphatic heterocycles. The highest BCUT2D eigenvalue weighted by atomic mass is 16.7. The van der Waals surface area contributed by atoms with E-state index in [1.54, 1.807) is 0 Å². The minimum absolute atomic E-state index is 0.227. The fourth-order valence-electron chi connectivity index (χ4n) is 3.18. The summed E-state index contributed by atoms with van der Waals surface area (Å²) in [7, 11) is 0. The lowest BCUT2D eigenvalue weighted by Crippen LogP contribution is -2.41. The summed E-state index contributed by atoms with van der Waals surface area (Å²) in [5.74, 6) is -0.510. The van der Waals surface area contributed by atoms with Gasteiger partial charge in [-0.05, 0) is 19.3 Å². The highest BCUT2D eigenvalue weighted by Crippen LogP contribution is 2.26. The Kier molecular flexibility index (Phi) is 14.0. The lowest BCUT2D eigenvalue weighted by molar-refractivity contribution is -0.187. The Bertz CT molecular complexity index is 417. The number of unbranched alkanes of at least 4 members (excludes halogenated alkanes) is 7. The summed E-state index contributed by atoms with van der Waals surface area (Å²) >= 11 is 0. The molecule has 28 heavy (non-hydrogen) atoms. The van der Waals surface area contributed by atoms with Gasteiger partial charge in [0.15, 0.2) is 0 Å². The van der Waals surface area contributed by atoms with Gasteiger partial charge in [0.05, 0.1) is 25.2 Å². The van der Waals surface area contributed by atoms with Crippen LogP contribution in [0.25, 0.3) is 0 Å². The van der Waals surface area contributed by atoms with Crippen LogP contribution < -0.4 is 0 Å². The van der Waals surface area contributed by atoms with Gasteiger partial charge in [-0.15, -0.1) is 0 Å². The molecule has 0 spiro atoms. The zero-order chi connectivity index (χ0) is 20.5. The molecule has 0 aliphatic carbocycles. The predicted octanol–water partition coefficient (Wildman–Crippen LogP) is 4.78. The molecule has 0 aromatic rings. The van der Waals surface area contributed by atoms with Crippen LogP contribution in [0, 0.1) is 5.41 Å². The normalized spacial score (nSPS) is 15.9. The molecule has 0 aromatic carbocycles. The van der Waals surface area contributed by atoms with E-state index in [-0.39, 0.29) is 30.2 Å². The topological polar surface area (TPSA) is 71.1 Å². The molecule has 0 unspecified atom stereocenters. The molecule has 0 amide bonds. The zero-order valence-corrected chi connectivity index (χ0v) is 18.0. The summed E-state index contributed by atoms with van der Waals surface area (Å²) in [6, 6.07) is 0. The van der Waals surface area contributed by atoms with Crippen LogP contribution in [0.5, 0.6) is 0 Å². The average molecular weight is 401 g/mol. The lowest BCUT2D eigenvalue weighted by Gasteiger charge is -2.35. The van der Waals surface area contributed by atoms with E-state index in [2.05, 4.69) is 6.92 Å². The number of hydrogen-bond acceptors (Lipinski definition) is 6. The van der Waals surface area contributed by atoms with E-state index < -0.39 is 0 Å². The molecule has 6 nitrogen and oxygen atoms in total.